The van der Waals surface area contributed by atoms with E-state index in [1.807, 2.05) is 11.3 Å². The molecule has 0 radical (unpaired) electrons. The molecule has 114 valence electrons. The fourth-order valence-corrected chi connectivity index (χ4v) is 3.87. The van der Waals surface area contributed by atoms with Crippen LogP contribution in [0.1, 0.15) is 44.9 Å². The lowest BCUT2D eigenvalue weighted by Gasteiger charge is -2.28. The Hall–Kier alpha value is -0.380. The van der Waals surface area contributed by atoms with Gasteiger partial charge in [-0.3, -0.25) is 4.90 Å². The molecule has 0 aliphatic carbocycles. The van der Waals surface area contributed by atoms with Gasteiger partial charge in [0.15, 0.2) is 0 Å². The Morgan fingerprint density at radius 1 is 1.30 bits per heavy atom. The van der Waals surface area contributed by atoms with Gasteiger partial charge < -0.3 is 5.32 Å². The molecule has 1 aromatic heterocycles. The Kier molecular flexibility index (Phi) is 6.53. The van der Waals surface area contributed by atoms with Crippen LogP contribution in [0.4, 0.5) is 0 Å². The van der Waals surface area contributed by atoms with Gasteiger partial charge in [-0.15, -0.1) is 11.3 Å². The van der Waals surface area contributed by atoms with Crippen LogP contribution in [0.5, 0.6) is 0 Å². The zero-order valence-corrected chi connectivity index (χ0v) is 14.1. The lowest BCUT2D eigenvalue weighted by Crippen LogP contribution is -2.40. The van der Waals surface area contributed by atoms with E-state index in [-0.39, 0.29) is 0 Å². The lowest BCUT2D eigenvalue weighted by molar-refractivity contribution is 0.206. The fraction of sp³-hybridized carbons (Fsp3) is 0.765. The molecule has 1 N–H and O–H groups in total. The molecule has 2 atom stereocenters. The molecule has 0 bridgehead atoms. The summed E-state index contributed by atoms with van der Waals surface area (Å²) in [7, 11) is 0. The summed E-state index contributed by atoms with van der Waals surface area (Å²) in [4.78, 5) is 4.12. The van der Waals surface area contributed by atoms with Crippen molar-refractivity contribution in [1.29, 1.82) is 0 Å². The van der Waals surface area contributed by atoms with Gasteiger partial charge in [0, 0.05) is 24.0 Å². The van der Waals surface area contributed by atoms with Gasteiger partial charge in [0.05, 0.1) is 0 Å². The Morgan fingerprint density at radius 3 is 2.85 bits per heavy atom. The van der Waals surface area contributed by atoms with E-state index in [1.165, 1.54) is 37.2 Å². The molecule has 2 nitrogen and oxygen atoms in total. The number of rotatable bonds is 6. The molecule has 1 aromatic rings. The van der Waals surface area contributed by atoms with Gasteiger partial charge in [-0.25, -0.2) is 0 Å². The fourth-order valence-electron chi connectivity index (χ4n) is 3.20. The normalized spacial score (nSPS) is 22.9. The number of hydrogen-bond acceptors (Lipinski definition) is 3. The summed E-state index contributed by atoms with van der Waals surface area (Å²) >= 11 is 1.84. The highest BCUT2D eigenvalue weighted by Gasteiger charge is 2.21. The first-order valence-electron chi connectivity index (χ1n) is 8.14. The second-order valence-corrected chi connectivity index (χ2v) is 7.56. The molecule has 0 spiro atoms. The van der Waals surface area contributed by atoms with E-state index in [0.29, 0.717) is 6.04 Å². The predicted octanol–water partition coefficient (Wildman–Crippen LogP) is 3.98. The van der Waals surface area contributed by atoms with Gasteiger partial charge in [-0.2, -0.15) is 0 Å². The molecule has 20 heavy (non-hydrogen) atoms. The molecule has 1 aliphatic heterocycles. The molecule has 1 fully saturated rings. The second-order valence-electron chi connectivity index (χ2n) is 6.53. The molecular formula is C17H30N2S. The minimum atomic E-state index is 0.654. The van der Waals surface area contributed by atoms with E-state index in [4.69, 9.17) is 0 Å². The van der Waals surface area contributed by atoms with Gasteiger partial charge in [0.25, 0.3) is 0 Å². The average molecular weight is 295 g/mol. The van der Waals surface area contributed by atoms with Gasteiger partial charge in [-0.1, -0.05) is 19.9 Å². The van der Waals surface area contributed by atoms with Crippen LogP contribution in [0.15, 0.2) is 17.5 Å². The first-order valence-corrected chi connectivity index (χ1v) is 9.02. The zero-order chi connectivity index (χ0) is 14.4. The predicted molar refractivity (Wildman–Crippen MR) is 89.2 cm³/mol. The Morgan fingerprint density at radius 2 is 2.15 bits per heavy atom. The van der Waals surface area contributed by atoms with Crippen molar-refractivity contribution in [3.63, 3.8) is 0 Å². The monoisotopic (exact) mass is 294 g/mol. The second kappa shape index (κ2) is 8.16. The minimum Gasteiger partial charge on any atom is -0.310 e. The first kappa shape index (κ1) is 16.0. The summed E-state index contributed by atoms with van der Waals surface area (Å²) in [5.74, 6) is 1.79. The van der Waals surface area contributed by atoms with Crippen LogP contribution in [-0.2, 0) is 6.54 Å². The van der Waals surface area contributed by atoms with Gasteiger partial charge >= 0.3 is 0 Å². The Balaban J connectivity index is 1.70. The molecule has 2 unspecified atom stereocenters. The molecule has 0 aromatic carbocycles. The smallest absolute Gasteiger partial charge is 0.0300 e. The Bertz CT molecular complexity index is 361. The van der Waals surface area contributed by atoms with Crippen molar-refractivity contribution in [3.05, 3.63) is 22.4 Å². The molecule has 1 aliphatic rings. The number of likely N-dealkylation sites (tertiary alicyclic amines) is 1. The van der Waals surface area contributed by atoms with Crippen LogP contribution in [0.3, 0.4) is 0 Å². The third-order valence-corrected chi connectivity index (χ3v) is 5.57. The first-order chi connectivity index (χ1) is 9.66. The zero-order valence-electron chi connectivity index (χ0n) is 13.3. The maximum absolute atomic E-state index is 3.61. The topological polar surface area (TPSA) is 15.3 Å². The maximum Gasteiger partial charge on any atom is 0.0300 e. The van der Waals surface area contributed by atoms with Crippen LogP contribution in [0.2, 0.25) is 0 Å². The van der Waals surface area contributed by atoms with Crippen molar-refractivity contribution >= 4 is 11.3 Å². The number of hydrogen-bond donors (Lipinski definition) is 1. The van der Waals surface area contributed by atoms with Crippen LogP contribution in [0.25, 0.3) is 0 Å². The largest absolute Gasteiger partial charge is 0.310 e. The highest BCUT2D eigenvalue weighted by atomic mass is 32.1. The molecule has 2 rings (SSSR count). The average Bonchev–Trinajstić information content (AvgIpc) is 2.80. The van der Waals surface area contributed by atoms with E-state index in [0.717, 1.165) is 24.9 Å². The number of nitrogens with one attached hydrogen (secondary N) is 1. The van der Waals surface area contributed by atoms with E-state index in [2.05, 4.69) is 48.5 Å². The Labute approximate surface area is 128 Å². The molecule has 3 heteroatoms. The summed E-state index contributed by atoms with van der Waals surface area (Å²) < 4.78 is 0. The van der Waals surface area contributed by atoms with Crippen molar-refractivity contribution in [1.82, 2.24) is 10.2 Å². The van der Waals surface area contributed by atoms with E-state index in [9.17, 15) is 0 Å². The lowest BCUT2D eigenvalue weighted by atomic mass is 9.89. The molecule has 0 amide bonds. The molecule has 0 saturated carbocycles. The number of thiophene rings is 1. The summed E-state index contributed by atoms with van der Waals surface area (Å²) in [5, 5.41) is 5.76. The highest BCUT2D eigenvalue weighted by Crippen LogP contribution is 2.25. The minimum absolute atomic E-state index is 0.654. The van der Waals surface area contributed by atoms with E-state index < -0.39 is 0 Å². The van der Waals surface area contributed by atoms with Gasteiger partial charge in [-0.05, 0) is 62.6 Å². The quantitative estimate of drug-likeness (QED) is 0.853. The highest BCUT2D eigenvalue weighted by molar-refractivity contribution is 7.09. The molecule has 1 saturated heterocycles. The van der Waals surface area contributed by atoms with Crippen LogP contribution < -0.4 is 5.32 Å². The van der Waals surface area contributed by atoms with Crippen LogP contribution in [0, 0.1) is 11.8 Å². The van der Waals surface area contributed by atoms with Crippen molar-refractivity contribution < 1.29 is 0 Å². The van der Waals surface area contributed by atoms with Crippen LogP contribution >= 0.6 is 11.3 Å². The summed E-state index contributed by atoms with van der Waals surface area (Å²) in [5.41, 5.74) is 0. The third kappa shape index (κ3) is 4.87. The van der Waals surface area contributed by atoms with Crippen LogP contribution in [-0.4, -0.2) is 30.6 Å². The van der Waals surface area contributed by atoms with Crippen molar-refractivity contribution in [2.24, 2.45) is 11.8 Å². The standard InChI is InChI=1S/C17H30N2S/c1-14(2)16-6-4-9-19(10-8-16)15(3)12-18-13-17-7-5-11-20-17/h5,7,11,14-16,18H,4,6,8-10,12-13H2,1-3H3. The van der Waals surface area contributed by atoms with E-state index >= 15 is 0 Å². The molecule has 2 heterocycles. The van der Waals surface area contributed by atoms with Crippen molar-refractivity contribution in [2.75, 3.05) is 19.6 Å². The summed E-state index contributed by atoms with van der Waals surface area (Å²) in [6, 6.07) is 4.99. The summed E-state index contributed by atoms with van der Waals surface area (Å²) in [6.07, 6.45) is 4.18. The molecular weight excluding hydrogens is 264 g/mol. The maximum atomic E-state index is 3.61. The van der Waals surface area contributed by atoms with Crippen molar-refractivity contribution in [3.8, 4) is 0 Å². The van der Waals surface area contributed by atoms with Gasteiger partial charge in [0.1, 0.15) is 0 Å². The van der Waals surface area contributed by atoms with Gasteiger partial charge in [0.2, 0.25) is 0 Å². The van der Waals surface area contributed by atoms with Crippen molar-refractivity contribution in [2.45, 2.75) is 52.6 Å². The summed E-state index contributed by atoms with van der Waals surface area (Å²) in [6.45, 7) is 11.8. The van der Waals surface area contributed by atoms with E-state index in [1.54, 1.807) is 0 Å². The third-order valence-electron chi connectivity index (χ3n) is 4.69. The SMILES string of the molecule is CC(C)C1CCCN(C(C)CNCc2cccs2)CC1. The number of nitrogens with zero attached hydrogens (tertiary/aromatic N) is 1.